The normalized spacial score (nSPS) is 26.3. The first-order chi connectivity index (χ1) is 11.2. The average Bonchev–Trinajstić information content (AvgIpc) is 2.53. The molecule has 0 radical (unpaired) electrons. The van der Waals surface area contributed by atoms with Crippen molar-refractivity contribution in [3.63, 3.8) is 0 Å². The van der Waals surface area contributed by atoms with E-state index in [2.05, 4.69) is 22.3 Å². The molecule has 5 nitrogen and oxygen atoms in total. The summed E-state index contributed by atoms with van der Waals surface area (Å²) in [7, 11) is 0. The Bertz CT molecular complexity index is 496. The fourth-order valence-corrected chi connectivity index (χ4v) is 3.38. The number of benzene rings is 1. The van der Waals surface area contributed by atoms with Crippen molar-refractivity contribution < 1.29 is 14.6 Å². The number of nitrogens with zero attached hydrogens (tertiary/aromatic N) is 1. The molecular weight excluding hydrogens is 292 g/mol. The number of carbonyl (C=O) groups is 1. The molecule has 5 heteroatoms. The zero-order chi connectivity index (χ0) is 16.1. The quantitative estimate of drug-likeness (QED) is 0.815. The minimum Gasteiger partial charge on any atom is -0.393 e. The highest BCUT2D eigenvalue weighted by Crippen LogP contribution is 2.31. The van der Waals surface area contributed by atoms with Gasteiger partial charge in [0.2, 0.25) is 5.91 Å². The maximum atomic E-state index is 12.4. The van der Waals surface area contributed by atoms with Gasteiger partial charge in [-0.15, -0.1) is 0 Å². The molecule has 0 unspecified atom stereocenters. The number of hydrogen-bond acceptors (Lipinski definition) is 4. The van der Waals surface area contributed by atoms with E-state index in [9.17, 15) is 9.90 Å². The molecule has 0 spiro atoms. The van der Waals surface area contributed by atoms with E-state index in [1.165, 1.54) is 5.56 Å². The van der Waals surface area contributed by atoms with Crippen molar-refractivity contribution in [2.24, 2.45) is 5.92 Å². The number of morpholine rings is 1. The maximum absolute atomic E-state index is 12.4. The van der Waals surface area contributed by atoms with E-state index in [0.29, 0.717) is 25.7 Å². The molecule has 1 saturated carbocycles. The van der Waals surface area contributed by atoms with Crippen molar-refractivity contribution in [1.29, 1.82) is 0 Å². The Labute approximate surface area is 137 Å². The van der Waals surface area contributed by atoms with Crippen LogP contribution >= 0.6 is 0 Å². The zero-order valence-electron chi connectivity index (χ0n) is 13.5. The lowest BCUT2D eigenvalue weighted by atomic mass is 9.75. The summed E-state index contributed by atoms with van der Waals surface area (Å²) in [6.07, 6.45) is 2.20. The Morgan fingerprint density at radius 2 is 1.96 bits per heavy atom. The van der Waals surface area contributed by atoms with Crippen molar-refractivity contribution in [2.45, 2.75) is 31.4 Å². The number of nitrogens with one attached hydrogen (secondary N) is 1. The summed E-state index contributed by atoms with van der Waals surface area (Å²) in [6.45, 7) is 3.48. The van der Waals surface area contributed by atoms with Crippen molar-refractivity contribution in [3.05, 3.63) is 35.9 Å². The third-order valence-electron chi connectivity index (χ3n) is 4.83. The molecule has 2 fully saturated rings. The van der Waals surface area contributed by atoms with E-state index in [4.69, 9.17) is 4.74 Å². The van der Waals surface area contributed by atoms with Crippen LogP contribution in [0.25, 0.3) is 0 Å². The molecule has 1 amide bonds. The first-order valence-electron chi connectivity index (χ1n) is 8.52. The minimum atomic E-state index is -0.200. The summed E-state index contributed by atoms with van der Waals surface area (Å²) in [4.78, 5) is 14.5. The number of aliphatic hydroxyl groups is 1. The van der Waals surface area contributed by atoms with E-state index < -0.39 is 0 Å². The number of aliphatic hydroxyl groups excluding tert-OH is 1. The number of ether oxygens (including phenoxy) is 1. The molecule has 0 bridgehead atoms. The van der Waals surface area contributed by atoms with E-state index >= 15 is 0 Å². The summed E-state index contributed by atoms with van der Waals surface area (Å²) in [5, 5.41) is 12.8. The smallest absolute Gasteiger partial charge is 0.234 e. The number of amides is 1. The highest BCUT2D eigenvalue weighted by Gasteiger charge is 2.34. The molecule has 0 aromatic heterocycles. The van der Waals surface area contributed by atoms with Crippen LogP contribution in [-0.4, -0.2) is 60.9 Å². The Kier molecular flexibility index (Phi) is 5.65. The van der Waals surface area contributed by atoms with Gasteiger partial charge in [0.05, 0.1) is 25.9 Å². The van der Waals surface area contributed by atoms with E-state index in [-0.39, 0.29) is 18.1 Å². The second-order valence-electron chi connectivity index (χ2n) is 6.64. The van der Waals surface area contributed by atoms with Gasteiger partial charge in [0.15, 0.2) is 0 Å². The Morgan fingerprint density at radius 3 is 2.61 bits per heavy atom. The third-order valence-corrected chi connectivity index (χ3v) is 4.83. The van der Waals surface area contributed by atoms with Crippen LogP contribution in [0.3, 0.4) is 0 Å². The van der Waals surface area contributed by atoms with Crippen LogP contribution in [0.1, 0.15) is 18.4 Å². The van der Waals surface area contributed by atoms with Crippen LogP contribution in [-0.2, 0) is 16.0 Å². The summed E-state index contributed by atoms with van der Waals surface area (Å²) < 4.78 is 5.32. The second kappa shape index (κ2) is 7.90. The predicted molar refractivity (Wildman–Crippen MR) is 88.1 cm³/mol. The molecule has 1 aliphatic carbocycles. The highest BCUT2D eigenvalue weighted by molar-refractivity contribution is 5.78. The SMILES string of the molecule is O=C(CN1CCOCC1)N[C@H](Cc1ccccc1)C1CC(O)C1. The summed E-state index contributed by atoms with van der Waals surface area (Å²) in [5.74, 6) is 0.452. The lowest BCUT2D eigenvalue weighted by Crippen LogP contribution is -2.51. The third kappa shape index (κ3) is 4.77. The highest BCUT2D eigenvalue weighted by atomic mass is 16.5. The van der Waals surface area contributed by atoms with Gasteiger partial charge in [0, 0.05) is 19.1 Å². The molecule has 1 heterocycles. The molecule has 1 aromatic rings. The predicted octanol–water partition coefficient (Wildman–Crippen LogP) is 0.817. The molecule has 1 aromatic carbocycles. The first kappa shape index (κ1) is 16.4. The maximum Gasteiger partial charge on any atom is 0.234 e. The Balaban J connectivity index is 1.55. The van der Waals surface area contributed by atoms with Gasteiger partial charge in [-0.1, -0.05) is 30.3 Å². The average molecular weight is 318 g/mol. The molecule has 126 valence electrons. The monoisotopic (exact) mass is 318 g/mol. The van der Waals surface area contributed by atoms with Gasteiger partial charge in [-0.05, 0) is 30.7 Å². The van der Waals surface area contributed by atoms with Crippen molar-refractivity contribution >= 4 is 5.91 Å². The lowest BCUT2D eigenvalue weighted by Gasteiger charge is -2.38. The fraction of sp³-hybridized carbons (Fsp3) is 0.611. The molecule has 1 aliphatic heterocycles. The van der Waals surface area contributed by atoms with Crippen LogP contribution in [0.5, 0.6) is 0 Å². The van der Waals surface area contributed by atoms with Crippen molar-refractivity contribution in [2.75, 3.05) is 32.8 Å². The van der Waals surface area contributed by atoms with Gasteiger partial charge in [0.25, 0.3) is 0 Å². The van der Waals surface area contributed by atoms with Crippen molar-refractivity contribution in [1.82, 2.24) is 10.2 Å². The van der Waals surface area contributed by atoms with Gasteiger partial charge in [-0.2, -0.15) is 0 Å². The van der Waals surface area contributed by atoms with Crippen LogP contribution in [0.4, 0.5) is 0 Å². The second-order valence-corrected chi connectivity index (χ2v) is 6.64. The zero-order valence-corrected chi connectivity index (χ0v) is 13.5. The Hall–Kier alpha value is -1.43. The first-order valence-corrected chi connectivity index (χ1v) is 8.52. The van der Waals surface area contributed by atoms with Gasteiger partial charge >= 0.3 is 0 Å². The summed E-state index contributed by atoms with van der Waals surface area (Å²) >= 11 is 0. The molecule has 1 saturated heterocycles. The van der Waals surface area contributed by atoms with Crippen molar-refractivity contribution in [3.8, 4) is 0 Å². The van der Waals surface area contributed by atoms with Gasteiger partial charge in [0.1, 0.15) is 0 Å². The summed E-state index contributed by atoms with van der Waals surface area (Å²) in [6, 6.07) is 10.3. The fourth-order valence-electron chi connectivity index (χ4n) is 3.38. The van der Waals surface area contributed by atoms with Gasteiger partial charge in [-0.3, -0.25) is 9.69 Å². The number of rotatable bonds is 6. The standard InChI is InChI=1S/C18H26N2O3/c21-16-11-15(12-16)17(10-14-4-2-1-3-5-14)19-18(22)13-20-6-8-23-9-7-20/h1-5,15-17,21H,6-13H2,(H,19,22)/t15?,16?,17-/m1/s1. The molecule has 2 aliphatic rings. The molecule has 23 heavy (non-hydrogen) atoms. The minimum absolute atomic E-state index is 0.0780. The van der Waals surface area contributed by atoms with E-state index in [1.54, 1.807) is 0 Å². The molecule has 3 rings (SSSR count). The van der Waals surface area contributed by atoms with Gasteiger partial charge in [-0.25, -0.2) is 0 Å². The Morgan fingerprint density at radius 1 is 1.26 bits per heavy atom. The van der Waals surface area contributed by atoms with E-state index in [0.717, 1.165) is 32.4 Å². The van der Waals surface area contributed by atoms with Gasteiger partial charge < -0.3 is 15.2 Å². The number of carbonyl (C=O) groups excluding carboxylic acids is 1. The van der Waals surface area contributed by atoms with Crippen LogP contribution in [0.2, 0.25) is 0 Å². The van der Waals surface area contributed by atoms with Crippen LogP contribution in [0, 0.1) is 5.92 Å². The lowest BCUT2D eigenvalue weighted by molar-refractivity contribution is -0.125. The number of hydrogen-bond donors (Lipinski definition) is 2. The topological polar surface area (TPSA) is 61.8 Å². The molecule has 2 N–H and O–H groups in total. The summed E-state index contributed by atoms with van der Waals surface area (Å²) in [5.41, 5.74) is 1.23. The van der Waals surface area contributed by atoms with E-state index in [1.807, 2.05) is 18.2 Å². The van der Waals surface area contributed by atoms with Crippen LogP contribution in [0.15, 0.2) is 30.3 Å². The molecular formula is C18H26N2O3. The molecule has 1 atom stereocenters. The van der Waals surface area contributed by atoms with Crippen LogP contribution < -0.4 is 5.32 Å². The largest absolute Gasteiger partial charge is 0.393 e.